The van der Waals surface area contributed by atoms with Crippen LogP contribution in [0.3, 0.4) is 0 Å². The molecule has 0 spiro atoms. The van der Waals surface area contributed by atoms with Gasteiger partial charge in [-0.3, -0.25) is 0 Å². The van der Waals surface area contributed by atoms with Gasteiger partial charge in [-0.15, -0.1) is 0 Å². The topological polar surface area (TPSA) is 0 Å². The number of rotatable bonds is 11. The number of allylic oxidation sites excluding steroid dienone is 1. The molecule has 0 aromatic rings. The van der Waals surface area contributed by atoms with Crippen molar-refractivity contribution in [1.82, 2.24) is 0 Å². The van der Waals surface area contributed by atoms with Crippen molar-refractivity contribution in [3.05, 3.63) is 12.7 Å². The van der Waals surface area contributed by atoms with Gasteiger partial charge in [0.25, 0.3) is 0 Å². The van der Waals surface area contributed by atoms with Crippen LogP contribution in [-0.4, -0.2) is 24.6 Å². The average Bonchev–Trinajstić information content (AvgIpc) is 2.47. The molecule has 0 unspecified atom stereocenters. The summed E-state index contributed by atoms with van der Waals surface area (Å²) in [6.45, 7) is 11.0. The van der Waals surface area contributed by atoms with E-state index in [1.54, 1.807) is 0 Å². The van der Waals surface area contributed by atoms with Crippen LogP contribution in [0.4, 0.5) is 75.5 Å². The molecule has 0 aliphatic rings. The summed E-state index contributed by atoms with van der Waals surface area (Å²) in [6.07, 6.45) is 16.5. The molecule has 0 saturated heterocycles. The van der Waals surface area contributed by atoms with Crippen LogP contribution in [0, 0.1) is 49.4 Å². The second-order valence-electron chi connectivity index (χ2n) is 7.92. The SMILES string of the molecule is C=CC[P+](CCCC)(CCCC)CCCC.F[P-](F)(F)(F)(F)F.F[P-](F)(F)(F)(F)F.F[P-](F)(F)(F)(F)F.[Eu+3]. The molecule has 0 saturated carbocycles. The van der Waals surface area contributed by atoms with Crippen molar-refractivity contribution >= 4 is 30.7 Å². The Morgan fingerprint density at radius 1 is 0.474 bits per heavy atom. The molecule has 0 radical (unpaired) electrons. The normalized spacial score (nSPS) is 17.7. The van der Waals surface area contributed by atoms with Gasteiger partial charge < -0.3 is 0 Å². The van der Waals surface area contributed by atoms with Crippen molar-refractivity contribution in [3.63, 3.8) is 0 Å². The molecule has 0 aliphatic carbocycles. The zero-order valence-corrected chi connectivity index (χ0v) is 26.3. The number of halogens is 18. The Balaban J connectivity index is -0.000000139. The first-order valence-corrected chi connectivity index (χ1v) is 18.9. The third-order valence-electron chi connectivity index (χ3n) is 3.47. The van der Waals surface area contributed by atoms with Crippen LogP contribution in [0.1, 0.15) is 59.3 Å². The molecule has 0 atom stereocenters. The molecule has 0 rings (SSSR count). The van der Waals surface area contributed by atoms with Gasteiger partial charge in [0.15, 0.2) is 0 Å². The summed E-state index contributed by atoms with van der Waals surface area (Å²) in [5, 5.41) is 0. The Morgan fingerprint density at radius 3 is 0.737 bits per heavy atom. The van der Waals surface area contributed by atoms with Gasteiger partial charge in [0, 0.05) is 7.26 Å². The molecule has 23 heteroatoms. The van der Waals surface area contributed by atoms with Crippen molar-refractivity contribution in [3.8, 4) is 0 Å². The van der Waals surface area contributed by atoms with Crippen molar-refractivity contribution in [1.29, 1.82) is 0 Å². The standard InChI is InChI=1S/C15H32P.Eu.3F6P/c1-5-9-13-16(12-8-4,14-10-6-2)15-11-7-3;;3*1-7(2,3,4,5)6/h8H,4-7,9-15H2,1-3H3;;;;/q+1;+3;3*-1. The van der Waals surface area contributed by atoms with E-state index in [0.717, 1.165) is 0 Å². The van der Waals surface area contributed by atoms with E-state index in [-0.39, 0.29) is 49.4 Å². The maximum absolute atomic E-state index is 10.7. The van der Waals surface area contributed by atoms with Gasteiger partial charge in [0.1, 0.15) is 0 Å². The molecule has 0 N–H and O–H groups in total. The molecule has 0 aromatic heterocycles. The Bertz CT molecular complexity index is 553. The van der Waals surface area contributed by atoms with E-state index in [1.807, 2.05) is 0 Å². The number of hydrogen-bond acceptors (Lipinski definition) is 0. The summed E-state index contributed by atoms with van der Waals surface area (Å²) >= 11 is 0. The molecule has 0 aliphatic heterocycles. The van der Waals surface area contributed by atoms with Crippen molar-refractivity contribution in [2.75, 3.05) is 24.6 Å². The van der Waals surface area contributed by atoms with Gasteiger partial charge in [-0.25, -0.2) is 0 Å². The average molecular weight is 830 g/mol. The van der Waals surface area contributed by atoms with Gasteiger partial charge in [0.05, 0.1) is 24.6 Å². The van der Waals surface area contributed by atoms with Crippen molar-refractivity contribution < 1.29 is 125 Å². The second kappa shape index (κ2) is 13.6. The minimum absolute atomic E-state index is 0. The summed E-state index contributed by atoms with van der Waals surface area (Å²) < 4.78 is 178. The predicted octanol–water partition coefficient (Wildman–Crippen LogP) is 15.7. The van der Waals surface area contributed by atoms with Crippen LogP contribution >= 0.6 is 30.7 Å². The fourth-order valence-corrected chi connectivity index (χ4v) is 7.09. The zero-order chi connectivity index (χ0) is 31.5. The van der Waals surface area contributed by atoms with Crippen LogP contribution in [0.2, 0.25) is 0 Å². The van der Waals surface area contributed by atoms with E-state index in [1.165, 1.54) is 63.2 Å². The predicted molar refractivity (Wildman–Crippen MR) is 122 cm³/mol. The maximum Gasteiger partial charge on any atom is 3.00 e. The van der Waals surface area contributed by atoms with Crippen LogP contribution in [0.25, 0.3) is 0 Å². The van der Waals surface area contributed by atoms with Crippen LogP contribution in [0.15, 0.2) is 12.7 Å². The number of unbranched alkanes of at least 4 members (excludes halogenated alkanes) is 3. The summed E-state index contributed by atoms with van der Waals surface area (Å²) in [7, 11) is -32.6. The molecule has 0 amide bonds. The quantitative estimate of drug-likeness (QED) is 0.111. The Morgan fingerprint density at radius 2 is 0.632 bits per heavy atom. The first-order valence-electron chi connectivity index (χ1n) is 10.2. The van der Waals surface area contributed by atoms with E-state index in [2.05, 4.69) is 33.4 Å². The summed E-state index contributed by atoms with van der Waals surface area (Å²) in [6, 6.07) is 0. The van der Waals surface area contributed by atoms with Crippen LogP contribution in [0.5, 0.6) is 0 Å². The zero-order valence-electron chi connectivity index (χ0n) is 20.3. The van der Waals surface area contributed by atoms with E-state index in [4.69, 9.17) is 0 Å². The molecule has 0 fully saturated rings. The smallest absolute Gasteiger partial charge is 3.00 e. The Labute approximate surface area is 250 Å². The van der Waals surface area contributed by atoms with Gasteiger partial charge in [0.2, 0.25) is 0 Å². The third kappa shape index (κ3) is 118. The van der Waals surface area contributed by atoms with E-state index >= 15 is 0 Å². The van der Waals surface area contributed by atoms with Gasteiger partial charge >= 0.3 is 148 Å². The fraction of sp³-hybridized carbons (Fsp3) is 0.867. The maximum atomic E-state index is 9.87. The molecular formula is C15H32EuF18P4+. The van der Waals surface area contributed by atoms with E-state index < -0.39 is 30.7 Å². The van der Waals surface area contributed by atoms with Gasteiger partial charge in [-0.05, 0) is 19.3 Å². The van der Waals surface area contributed by atoms with Gasteiger partial charge in [-0.2, -0.15) is 0 Å². The monoisotopic (exact) mass is 831 g/mol. The van der Waals surface area contributed by atoms with Gasteiger partial charge in [-0.1, -0.05) is 52.7 Å². The molecule has 0 aromatic carbocycles. The molecular weight excluding hydrogens is 798 g/mol. The first kappa shape index (κ1) is 49.5. The Hall–Kier alpha value is 1.78. The van der Waals surface area contributed by atoms with E-state index in [0.29, 0.717) is 0 Å². The first-order chi connectivity index (χ1) is 15.1. The third-order valence-corrected chi connectivity index (χ3v) is 8.30. The molecule has 244 valence electrons. The fourth-order valence-electron chi connectivity index (χ4n) is 2.36. The molecule has 0 bridgehead atoms. The Kier molecular flexibility index (Phi) is 17.7. The van der Waals surface area contributed by atoms with Crippen LogP contribution < -0.4 is 0 Å². The minimum atomic E-state index is -10.7. The number of hydrogen-bond donors (Lipinski definition) is 0. The largest absolute Gasteiger partial charge is 3.00 e. The summed E-state index contributed by atoms with van der Waals surface area (Å²) in [5.74, 6) is 0. The minimum Gasteiger partial charge on any atom is 3.00 e. The summed E-state index contributed by atoms with van der Waals surface area (Å²) in [4.78, 5) is 0. The molecule has 0 nitrogen and oxygen atoms in total. The second-order valence-corrected chi connectivity index (χ2v) is 18.1. The van der Waals surface area contributed by atoms with Crippen molar-refractivity contribution in [2.24, 2.45) is 0 Å². The van der Waals surface area contributed by atoms with Crippen LogP contribution in [-0.2, 0) is 0 Å². The van der Waals surface area contributed by atoms with Crippen molar-refractivity contribution in [2.45, 2.75) is 59.3 Å². The molecule has 38 heavy (non-hydrogen) atoms. The van der Waals surface area contributed by atoms with E-state index in [9.17, 15) is 75.5 Å². The molecule has 0 heterocycles. The summed E-state index contributed by atoms with van der Waals surface area (Å²) in [5.41, 5.74) is 0.